The van der Waals surface area contributed by atoms with E-state index in [1.807, 2.05) is 25.2 Å². The highest BCUT2D eigenvalue weighted by atomic mass is 32.2. The molecular weight excluding hydrogens is 386 g/mol. The maximum atomic E-state index is 12.8. The lowest BCUT2D eigenvalue weighted by Crippen LogP contribution is -2.46. The molecule has 0 heterocycles. The molecule has 0 aliphatic rings. The van der Waals surface area contributed by atoms with Gasteiger partial charge in [0.05, 0.1) is 4.90 Å². The molecule has 0 aliphatic heterocycles. The molecule has 2 atom stereocenters. The number of esters is 1. The third kappa shape index (κ3) is 5.52. The summed E-state index contributed by atoms with van der Waals surface area (Å²) in [6.07, 6.45) is -1.28. The van der Waals surface area contributed by atoms with E-state index in [4.69, 9.17) is 4.74 Å². The maximum absolute atomic E-state index is 12.8. The van der Waals surface area contributed by atoms with Gasteiger partial charge in [0.15, 0.2) is 6.10 Å². The average Bonchev–Trinajstić information content (AvgIpc) is 2.59. The normalized spacial score (nSPS) is 13.4. The number of ether oxygens (including phenoxy) is 1. The van der Waals surface area contributed by atoms with E-state index in [0.717, 1.165) is 11.1 Å². The number of benzene rings is 1. The number of urea groups is 1. The highest BCUT2D eigenvalue weighted by Gasteiger charge is 2.29. The zero-order valence-corrected chi connectivity index (χ0v) is 17.9. The molecule has 3 amide bonds. The Morgan fingerprint density at radius 3 is 1.96 bits per heavy atom. The summed E-state index contributed by atoms with van der Waals surface area (Å²) in [4.78, 5) is 35.2. The van der Waals surface area contributed by atoms with Crippen molar-refractivity contribution in [1.82, 2.24) is 15.4 Å². The number of hydrogen-bond acceptors (Lipinski definition) is 6. The lowest BCUT2D eigenvalue weighted by atomic mass is 10.0. The van der Waals surface area contributed by atoms with E-state index in [1.165, 1.54) is 20.9 Å². The van der Waals surface area contributed by atoms with E-state index in [0.29, 0.717) is 11.1 Å². The summed E-state index contributed by atoms with van der Waals surface area (Å²) in [5.74, 6) is -1.77. The molecule has 156 valence electrons. The second-order valence-electron chi connectivity index (χ2n) is 6.58. The third-order valence-corrected chi connectivity index (χ3v) is 6.19. The molecule has 0 bridgehead atoms. The van der Waals surface area contributed by atoms with Crippen LogP contribution in [0.25, 0.3) is 0 Å². The number of hydrogen-bond donors (Lipinski definition) is 3. The molecule has 1 aromatic carbocycles. The molecule has 9 nitrogen and oxygen atoms in total. The van der Waals surface area contributed by atoms with Crippen LogP contribution < -0.4 is 15.4 Å². The lowest BCUT2D eigenvalue weighted by molar-refractivity contribution is -0.155. The number of carbonyl (C=O) groups is 3. The molecule has 0 aromatic heterocycles. The standard InChI is InChI=1S/C18H27N3O6S/c1-9-8-10(2)12(4)15(11(9)3)28(25,26)21-13(5)17(23)27-14(6)16(22)20-18(24)19-7/h8,13-14,21H,1-7H3,(H2,19,20,22,24)/t13-,14+/m0/s1. The van der Waals surface area contributed by atoms with Gasteiger partial charge >= 0.3 is 12.0 Å². The first-order chi connectivity index (χ1) is 12.8. The van der Waals surface area contributed by atoms with Crippen LogP contribution in [0.1, 0.15) is 36.1 Å². The van der Waals surface area contributed by atoms with Gasteiger partial charge < -0.3 is 10.1 Å². The molecule has 28 heavy (non-hydrogen) atoms. The fraction of sp³-hybridized carbons (Fsp3) is 0.500. The minimum atomic E-state index is -4.01. The van der Waals surface area contributed by atoms with Crippen LogP contribution in [0.15, 0.2) is 11.0 Å². The van der Waals surface area contributed by atoms with Crippen molar-refractivity contribution in [2.45, 2.75) is 58.6 Å². The van der Waals surface area contributed by atoms with Crippen LogP contribution >= 0.6 is 0 Å². The molecule has 0 aliphatic carbocycles. The monoisotopic (exact) mass is 413 g/mol. The van der Waals surface area contributed by atoms with Crippen LogP contribution in [0, 0.1) is 27.7 Å². The van der Waals surface area contributed by atoms with Crippen molar-refractivity contribution in [2.75, 3.05) is 7.05 Å². The molecular formula is C18H27N3O6S. The first-order valence-corrected chi connectivity index (χ1v) is 10.1. The number of nitrogens with one attached hydrogen (secondary N) is 3. The Hall–Kier alpha value is -2.46. The Bertz CT molecular complexity index is 869. The van der Waals surface area contributed by atoms with E-state index in [2.05, 4.69) is 10.0 Å². The minimum Gasteiger partial charge on any atom is -0.451 e. The van der Waals surface area contributed by atoms with Gasteiger partial charge in [0, 0.05) is 7.05 Å². The van der Waals surface area contributed by atoms with Crippen molar-refractivity contribution in [3.63, 3.8) is 0 Å². The fourth-order valence-corrected chi connectivity index (χ4v) is 4.34. The third-order valence-electron chi connectivity index (χ3n) is 4.38. The number of aryl methyl sites for hydroxylation is 2. The zero-order valence-electron chi connectivity index (χ0n) is 17.1. The van der Waals surface area contributed by atoms with Crippen molar-refractivity contribution < 1.29 is 27.5 Å². The molecule has 0 fully saturated rings. The van der Waals surface area contributed by atoms with Crippen LogP contribution in [-0.2, 0) is 24.3 Å². The van der Waals surface area contributed by atoms with Crippen LogP contribution in [0.3, 0.4) is 0 Å². The predicted molar refractivity (Wildman–Crippen MR) is 103 cm³/mol. The van der Waals surface area contributed by atoms with Gasteiger partial charge in [0.1, 0.15) is 6.04 Å². The van der Waals surface area contributed by atoms with E-state index in [9.17, 15) is 22.8 Å². The molecule has 0 radical (unpaired) electrons. The molecule has 0 saturated heterocycles. The molecule has 3 N–H and O–H groups in total. The summed E-state index contributed by atoms with van der Waals surface area (Å²) >= 11 is 0. The molecule has 10 heteroatoms. The Labute approximate surface area is 165 Å². The maximum Gasteiger partial charge on any atom is 0.324 e. The summed E-state index contributed by atoms with van der Waals surface area (Å²) in [5, 5.41) is 4.16. The fourth-order valence-electron chi connectivity index (χ4n) is 2.53. The largest absolute Gasteiger partial charge is 0.451 e. The summed E-state index contributed by atoms with van der Waals surface area (Å²) in [6.45, 7) is 9.61. The van der Waals surface area contributed by atoms with Crippen LogP contribution in [0.2, 0.25) is 0 Å². The van der Waals surface area contributed by atoms with Gasteiger partial charge in [0.25, 0.3) is 5.91 Å². The molecule has 1 aromatic rings. The minimum absolute atomic E-state index is 0.120. The van der Waals surface area contributed by atoms with Crippen LogP contribution in [0.5, 0.6) is 0 Å². The number of rotatable bonds is 6. The first-order valence-electron chi connectivity index (χ1n) is 8.64. The Morgan fingerprint density at radius 1 is 1.00 bits per heavy atom. The van der Waals surface area contributed by atoms with Crippen LogP contribution in [0.4, 0.5) is 4.79 Å². The second-order valence-corrected chi connectivity index (χ2v) is 8.23. The van der Waals surface area contributed by atoms with Crippen molar-refractivity contribution in [2.24, 2.45) is 0 Å². The van der Waals surface area contributed by atoms with E-state index < -0.39 is 40.1 Å². The Balaban J connectivity index is 2.95. The zero-order chi connectivity index (χ0) is 21.8. The van der Waals surface area contributed by atoms with Crippen LogP contribution in [-0.4, -0.2) is 45.5 Å². The number of carbonyl (C=O) groups excluding carboxylic acids is 3. The summed E-state index contributed by atoms with van der Waals surface area (Å²) < 4.78 is 32.9. The van der Waals surface area contributed by atoms with Crippen molar-refractivity contribution >= 4 is 27.9 Å². The van der Waals surface area contributed by atoms with Gasteiger partial charge in [-0.15, -0.1) is 0 Å². The Morgan fingerprint density at radius 2 is 1.50 bits per heavy atom. The highest BCUT2D eigenvalue weighted by molar-refractivity contribution is 7.89. The molecule has 0 saturated carbocycles. The van der Waals surface area contributed by atoms with Crippen molar-refractivity contribution in [3.05, 3.63) is 28.3 Å². The van der Waals surface area contributed by atoms with Gasteiger partial charge in [-0.05, 0) is 63.8 Å². The molecule has 0 spiro atoms. The summed E-state index contributed by atoms with van der Waals surface area (Å²) in [5.41, 5.74) is 2.82. The average molecular weight is 413 g/mol. The number of amides is 3. The summed E-state index contributed by atoms with van der Waals surface area (Å²) in [7, 11) is -2.68. The van der Waals surface area contributed by atoms with E-state index in [-0.39, 0.29) is 4.90 Å². The van der Waals surface area contributed by atoms with Crippen molar-refractivity contribution in [3.8, 4) is 0 Å². The number of imide groups is 1. The van der Waals surface area contributed by atoms with Gasteiger partial charge in [0.2, 0.25) is 10.0 Å². The second kappa shape index (κ2) is 9.16. The van der Waals surface area contributed by atoms with Gasteiger partial charge in [-0.2, -0.15) is 4.72 Å². The van der Waals surface area contributed by atoms with Crippen molar-refractivity contribution in [1.29, 1.82) is 0 Å². The smallest absolute Gasteiger partial charge is 0.324 e. The molecule has 1 rings (SSSR count). The predicted octanol–water partition coefficient (Wildman–Crippen LogP) is 0.974. The number of sulfonamides is 1. The molecule has 0 unspecified atom stereocenters. The van der Waals surface area contributed by atoms with Gasteiger partial charge in [-0.3, -0.25) is 14.9 Å². The SMILES string of the molecule is CNC(=O)NC(=O)[C@@H](C)OC(=O)[C@H](C)NS(=O)(=O)c1c(C)c(C)cc(C)c1C. The van der Waals surface area contributed by atoms with E-state index >= 15 is 0 Å². The van der Waals surface area contributed by atoms with Gasteiger partial charge in [-0.1, -0.05) is 6.07 Å². The quantitative estimate of drug-likeness (QED) is 0.596. The topological polar surface area (TPSA) is 131 Å². The highest BCUT2D eigenvalue weighted by Crippen LogP contribution is 2.26. The van der Waals surface area contributed by atoms with Gasteiger partial charge in [-0.25, -0.2) is 13.2 Å². The Kier molecular flexibility index (Phi) is 7.71. The first kappa shape index (κ1) is 23.6. The summed E-state index contributed by atoms with van der Waals surface area (Å²) in [6, 6.07) is -0.0870. The van der Waals surface area contributed by atoms with E-state index in [1.54, 1.807) is 13.8 Å². The lowest BCUT2D eigenvalue weighted by Gasteiger charge is -2.20.